The summed E-state index contributed by atoms with van der Waals surface area (Å²) in [6.07, 6.45) is 1.64. The maximum atomic E-state index is 8.70. The van der Waals surface area contributed by atoms with Gasteiger partial charge in [-0.2, -0.15) is 9.89 Å². The molecule has 0 atom stereocenters. The number of aliphatic hydroxyl groups is 1. The van der Waals surface area contributed by atoms with E-state index < -0.39 is 0 Å². The molecule has 0 saturated heterocycles. The summed E-state index contributed by atoms with van der Waals surface area (Å²) < 4.78 is 0. The SMILES string of the molecule is Nc1ccc(N)c2c1cnn2NCCO. The molecule has 6 nitrogen and oxygen atoms in total. The van der Waals surface area contributed by atoms with Gasteiger partial charge in [0.1, 0.15) is 5.52 Å². The first-order valence-electron chi connectivity index (χ1n) is 4.60. The van der Waals surface area contributed by atoms with Crippen molar-refractivity contribution in [1.82, 2.24) is 9.89 Å². The lowest BCUT2D eigenvalue weighted by Gasteiger charge is -2.07. The topological polar surface area (TPSA) is 102 Å². The van der Waals surface area contributed by atoms with Crippen LogP contribution in [0.15, 0.2) is 18.3 Å². The number of nitrogens with two attached hydrogens (primary N) is 2. The summed E-state index contributed by atoms with van der Waals surface area (Å²) in [7, 11) is 0. The van der Waals surface area contributed by atoms with E-state index in [9.17, 15) is 0 Å². The van der Waals surface area contributed by atoms with Crippen LogP contribution in [-0.4, -0.2) is 28.1 Å². The van der Waals surface area contributed by atoms with Crippen molar-refractivity contribution in [2.75, 3.05) is 30.0 Å². The molecular weight excluding hydrogens is 194 g/mol. The van der Waals surface area contributed by atoms with Gasteiger partial charge in [0.25, 0.3) is 0 Å². The number of hydrogen-bond acceptors (Lipinski definition) is 5. The number of hydrogen-bond donors (Lipinski definition) is 4. The molecule has 80 valence electrons. The van der Waals surface area contributed by atoms with E-state index in [1.807, 2.05) is 0 Å². The molecule has 0 spiro atoms. The minimum absolute atomic E-state index is 0.0313. The van der Waals surface area contributed by atoms with Crippen molar-refractivity contribution in [2.24, 2.45) is 0 Å². The minimum Gasteiger partial charge on any atom is -0.398 e. The molecule has 6 heteroatoms. The number of nitrogens with one attached hydrogen (secondary N) is 1. The molecule has 1 heterocycles. The smallest absolute Gasteiger partial charge is 0.117 e. The van der Waals surface area contributed by atoms with Crippen LogP contribution < -0.4 is 16.9 Å². The van der Waals surface area contributed by atoms with Crippen molar-refractivity contribution in [3.05, 3.63) is 18.3 Å². The van der Waals surface area contributed by atoms with E-state index in [1.54, 1.807) is 18.3 Å². The van der Waals surface area contributed by atoms with E-state index in [-0.39, 0.29) is 6.61 Å². The van der Waals surface area contributed by atoms with Gasteiger partial charge in [0.2, 0.25) is 0 Å². The van der Waals surface area contributed by atoms with Crippen LogP contribution in [0.5, 0.6) is 0 Å². The van der Waals surface area contributed by atoms with Gasteiger partial charge in [-0.05, 0) is 12.1 Å². The minimum atomic E-state index is 0.0313. The lowest BCUT2D eigenvalue weighted by atomic mass is 10.2. The standard InChI is InChI=1S/C9H13N5O/c10-7-1-2-8(11)9-6(7)5-13-14(9)12-3-4-15/h1-2,5,12,15H,3-4,10-11H2. The van der Waals surface area contributed by atoms with Gasteiger partial charge in [0.15, 0.2) is 0 Å². The third-order valence-electron chi connectivity index (χ3n) is 2.17. The molecule has 0 aliphatic rings. The molecule has 0 saturated carbocycles. The zero-order chi connectivity index (χ0) is 10.8. The van der Waals surface area contributed by atoms with E-state index in [2.05, 4.69) is 10.5 Å². The van der Waals surface area contributed by atoms with Gasteiger partial charge in [-0.25, -0.2) is 0 Å². The highest BCUT2D eigenvalue weighted by atomic mass is 16.3. The molecule has 0 aliphatic carbocycles. The number of aromatic nitrogens is 2. The fourth-order valence-corrected chi connectivity index (χ4v) is 1.46. The van der Waals surface area contributed by atoms with E-state index in [4.69, 9.17) is 16.6 Å². The molecule has 1 aromatic heterocycles. The van der Waals surface area contributed by atoms with Gasteiger partial charge in [-0.1, -0.05) is 0 Å². The summed E-state index contributed by atoms with van der Waals surface area (Å²) in [4.78, 5) is 1.53. The molecule has 0 aliphatic heterocycles. The quantitative estimate of drug-likeness (QED) is 0.519. The van der Waals surface area contributed by atoms with Gasteiger partial charge in [0.05, 0.1) is 25.0 Å². The van der Waals surface area contributed by atoms with Gasteiger partial charge < -0.3 is 22.0 Å². The number of rotatable bonds is 3. The van der Waals surface area contributed by atoms with Gasteiger partial charge in [0, 0.05) is 11.1 Å². The number of nitrogens with zero attached hydrogens (tertiary/aromatic N) is 2. The highest BCUT2D eigenvalue weighted by molar-refractivity contribution is 5.97. The Morgan fingerprint density at radius 3 is 2.80 bits per heavy atom. The third-order valence-corrected chi connectivity index (χ3v) is 2.17. The van der Waals surface area contributed by atoms with Gasteiger partial charge in [-0.15, -0.1) is 0 Å². The normalized spacial score (nSPS) is 10.7. The average Bonchev–Trinajstić information content (AvgIpc) is 2.65. The highest BCUT2D eigenvalue weighted by Crippen LogP contribution is 2.25. The summed E-state index contributed by atoms with van der Waals surface area (Å²) in [5.74, 6) is 0. The molecule has 15 heavy (non-hydrogen) atoms. The largest absolute Gasteiger partial charge is 0.398 e. The molecule has 2 aromatic rings. The zero-order valence-corrected chi connectivity index (χ0v) is 8.14. The summed E-state index contributed by atoms with van der Waals surface area (Å²) >= 11 is 0. The van der Waals surface area contributed by atoms with Crippen LogP contribution >= 0.6 is 0 Å². The molecule has 2 rings (SSSR count). The number of nitrogen functional groups attached to an aromatic ring is 2. The Labute approximate surface area is 86.4 Å². The van der Waals surface area contributed by atoms with Crippen molar-refractivity contribution in [3.8, 4) is 0 Å². The fourth-order valence-electron chi connectivity index (χ4n) is 1.46. The van der Waals surface area contributed by atoms with E-state index in [0.29, 0.717) is 17.9 Å². The number of fused-ring (bicyclic) bond motifs is 1. The van der Waals surface area contributed by atoms with Gasteiger partial charge in [-0.3, -0.25) is 0 Å². The summed E-state index contributed by atoms with van der Waals surface area (Å²) in [6, 6.07) is 3.48. The average molecular weight is 207 g/mol. The van der Waals surface area contributed by atoms with E-state index in [0.717, 1.165) is 10.9 Å². The molecule has 6 N–H and O–H groups in total. The summed E-state index contributed by atoms with van der Waals surface area (Å²) in [5, 5.41) is 13.6. The van der Waals surface area contributed by atoms with Gasteiger partial charge >= 0.3 is 0 Å². The Morgan fingerprint density at radius 1 is 1.33 bits per heavy atom. The van der Waals surface area contributed by atoms with Crippen molar-refractivity contribution >= 4 is 22.3 Å². The monoisotopic (exact) mass is 207 g/mol. The van der Waals surface area contributed by atoms with Crippen LogP contribution in [0.1, 0.15) is 0 Å². The van der Waals surface area contributed by atoms with Crippen LogP contribution in [0.3, 0.4) is 0 Å². The summed E-state index contributed by atoms with van der Waals surface area (Å²) in [5.41, 5.74) is 16.5. The third kappa shape index (κ3) is 1.55. The predicted molar refractivity (Wildman–Crippen MR) is 59.9 cm³/mol. The van der Waals surface area contributed by atoms with Crippen molar-refractivity contribution in [2.45, 2.75) is 0 Å². The molecule has 0 unspecified atom stereocenters. The lowest BCUT2D eigenvalue weighted by Crippen LogP contribution is -2.19. The van der Waals surface area contributed by atoms with E-state index >= 15 is 0 Å². The Morgan fingerprint density at radius 2 is 2.07 bits per heavy atom. The predicted octanol–water partition coefficient (Wildman–Crippen LogP) is -0.264. The number of aliphatic hydroxyl groups excluding tert-OH is 1. The second kappa shape index (κ2) is 3.66. The Bertz CT molecular complexity index is 479. The molecule has 0 bridgehead atoms. The summed E-state index contributed by atoms with van der Waals surface area (Å²) in [6.45, 7) is 0.439. The first kappa shape index (κ1) is 9.60. The Kier molecular flexibility index (Phi) is 2.34. The second-order valence-corrected chi connectivity index (χ2v) is 3.19. The van der Waals surface area contributed by atoms with E-state index in [1.165, 1.54) is 4.79 Å². The fraction of sp³-hybridized carbons (Fsp3) is 0.222. The molecule has 0 amide bonds. The Hall–Kier alpha value is -1.95. The zero-order valence-electron chi connectivity index (χ0n) is 8.14. The van der Waals surface area contributed by atoms with Crippen molar-refractivity contribution in [3.63, 3.8) is 0 Å². The Balaban J connectivity index is 2.53. The van der Waals surface area contributed by atoms with Crippen LogP contribution in [0.4, 0.5) is 11.4 Å². The molecule has 0 fully saturated rings. The first-order valence-corrected chi connectivity index (χ1v) is 4.60. The molecular formula is C9H13N5O. The second-order valence-electron chi connectivity index (χ2n) is 3.19. The first-order chi connectivity index (χ1) is 7.24. The maximum absolute atomic E-state index is 8.70. The van der Waals surface area contributed by atoms with Crippen LogP contribution in [0.2, 0.25) is 0 Å². The molecule has 0 radical (unpaired) electrons. The van der Waals surface area contributed by atoms with Crippen molar-refractivity contribution in [1.29, 1.82) is 0 Å². The number of benzene rings is 1. The van der Waals surface area contributed by atoms with Crippen LogP contribution in [0.25, 0.3) is 10.9 Å². The van der Waals surface area contributed by atoms with Crippen LogP contribution in [-0.2, 0) is 0 Å². The maximum Gasteiger partial charge on any atom is 0.117 e. The lowest BCUT2D eigenvalue weighted by molar-refractivity contribution is 0.306. The van der Waals surface area contributed by atoms with Crippen LogP contribution in [0, 0.1) is 0 Å². The van der Waals surface area contributed by atoms with Crippen molar-refractivity contribution < 1.29 is 5.11 Å². The number of anilines is 2. The highest BCUT2D eigenvalue weighted by Gasteiger charge is 2.08. The molecule has 1 aromatic carbocycles.